The Morgan fingerprint density at radius 3 is 2.71 bits per heavy atom. The maximum atomic E-state index is 8.95. The van der Waals surface area contributed by atoms with Gasteiger partial charge >= 0.3 is 0 Å². The number of aliphatic hydroxyl groups excluding tert-OH is 1. The van der Waals surface area contributed by atoms with Gasteiger partial charge in [0.05, 0.1) is 6.61 Å². The molecule has 2 heteroatoms. The van der Waals surface area contributed by atoms with Crippen LogP contribution in [0.3, 0.4) is 0 Å². The highest BCUT2D eigenvalue weighted by Crippen LogP contribution is 2.09. The summed E-state index contributed by atoms with van der Waals surface area (Å²) in [5, 5.41) is 8.95. The molecule has 0 fully saturated rings. The Hall–Kier alpha value is -1.12. The average Bonchev–Trinajstić information content (AvgIpc) is 2.32. The molecule has 0 unspecified atom stereocenters. The molecule has 0 aromatic heterocycles. The van der Waals surface area contributed by atoms with Gasteiger partial charge in [-0.2, -0.15) is 0 Å². The second kappa shape index (κ2) is 8.04. The molecular weight excluding hydrogens is 210 g/mol. The quantitative estimate of drug-likeness (QED) is 0.697. The van der Waals surface area contributed by atoms with Crippen LogP contribution in [0.5, 0.6) is 0 Å². The molecule has 1 rings (SSSR count). The summed E-state index contributed by atoms with van der Waals surface area (Å²) >= 11 is 0. The number of rotatable bonds is 8. The molecule has 0 bridgehead atoms. The molecule has 0 saturated carbocycles. The van der Waals surface area contributed by atoms with E-state index >= 15 is 0 Å². The van der Waals surface area contributed by atoms with E-state index in [1.54, 1.807) is 0 Å². The van der Waals surface area contributed by atoms with Crippen molar-refractivity contribution >= 4 is 0 Å². The summed E-state index contributed by atoms with van der Waals surface area (Å²) in [5.74, 6) is 0. The molecule has 0 aliphatic rings. The first-order valence-corrected chi connectivity index (χ1v) is 6.26. The molecule has 0 aliphatic heterocycles. The maximum Gasteiger partial charge on any atom is 0.0558 e. The third kappa shape index (κ3) is 5.16. The van der Waals surface area contributed by atoms with Crippen molar-refractivity contribution < 1.29 is 5.11 Å². The Morgan fingerprint density at radius 2 is 2.06 bits per heavy atom. The number of aryl methyl sites for hydroxylation is 2. The van der Waals surface area contributed by atoms with Gasteiger partial charge in [0.2, 0.25) is 0 Å². The molecule has 1 aromatic rings. The molecule has 2 nitrogen and oxygen atoms in total. The van der Waals surface area contributed by atoms with Gasteiger partial charge in [-0.1, -0.05) is 30.3 Å². The van der Waals surface area contributed by atoms with Crippen molar-refractivity contribution in [3.63, 3.8) is 0 Å². The molecule has 0 saturated heterocycles. The molecule has 1 N–H and O–H groups in total. The SMILES string of the molecule is C=CCN(CCO)CCCc1ccccc1C. The van der Waals surface area contributed by atoms with Crippen LogP contribution in [0.25, 0.3) is 0 Å². The maximum absolute atomic E-state index is 8.95. The predicted molar refractivity (Wildman–Crippen MR) is 73.2 cm³/mol. The third-order valence-corrected chi connectivity index (χ3v) is 2.99. The highest BCUT2D eigenvalue weighted by Gasteiger charge is 2.02. The minimum Gasteiger partial charge on any atom is -0.395 e. The molecule has 0 aliphatic carbocycles. The molecule has 0 spiro atoms. The Kier molecular flexibility index (Phi) is 6.60. The summed E-state index contributed by atoms with van der Waals surface area (Å²) in [4.78, 5) is 2.23. The smallest absolute Gasteiger partial charge is 0.0558 e. The number of nitrogens with zero attached hydrogens (tertiary/aromatic N) is 1. The summed E-state index contributed by atoms with van der Waals surface area (Å²) in [7, 11) is 0. The van der Waals surface area contributed by atoms with E-state index in [-0.39, 0.29) is 6.61 Å². The van der Waals surface area contributed by atoms with E-state index in [0.29, 0.717) is 0 Å². The van der Waals surface area contributed by atoms with Gasteiger partial charge in [0, 0.05) is 13.1 Å². The lowest BCUT2D eigenvalue weighted by atomic mass is 10.0. The first-order chi connectivity index (χ1) is 8.27. The van der Waals surface area contributed by atoms with Crippen molar-refractivity contribution in [1.82, 2.24) is 4.90 Å². The van der Waals surface area contributed by atoms with Crippen LogP contribution >= 0.6 is 0 Å². The van der Waals surface area contributed by atoms with E-state index < -0.39 is 0 Å². The Morgan fingerprint density at radius 1 is 1.29 bits per heavy atom. The number of benzene rings is 1. The molecule has 0 heterocycles. The van der Waals surface area contributed by atoms with Gasteiger partial charge < -0.3 is 5.11 Å². The van der Waals surface area contributed by atoms with Gasteiger partial charge in [0.15, 0.2) is 0 Å². The zero-order valence-corrected chi connectivity index (χ0v) is 10.7. The van der Waals surface area contributed by atoms with E-state index in [0.717, 1.165) is 32.5 Å². The topological polar surface area (TPSA) is 23.5 Å². The summed E-state index contributed by atoms with van der Waals surface area (Å²) in [6.45, 7) is 8.72. The first kappa shape index (κ1) is 13.9. The lowest BCUT2D eigenvalue weighted by molar-refractivity contribution is 0.207. The van der Waals surface area contributed by atoms with Gasteiger partial charge in [0.1, 0.15) is 0 Å². The standard InChI is InChI=1S/C15H23NO/c1-3-10-16(12-13-17)11-6-9-15-8-5-4-7-14(15)2/h3-5,7-8,17H,1,6,9-13H2,2H3. The fourth-order valence-electron chi connectivity index (χ4n) is 2.00. The van der Waals surface area contributed by atoms with E-state index in [4.69, 9.17) is 5.11 Å². The molecule has 94 valence electrons. The van der Waals surface area contributed by atoms with E-state index in [2.05, 4.69) is 42.7 Å². The van der Waals surface area contributed by atoms with Crippen LogP contribution in [0.4, 0.5) is 0 Å². The predicted octanol–water partition coefficient (Wildman–Crippen LogP) is 2.41. The fraction of sp³-hybridized carbons (Fsp3) is 0.467. The van der Waals surface area contributed by atoms with Crippen molar-refractivity contribution in [3.8, 4) is 0 Å². The number of hydrogen-bond donors (Lipinski definition) is 1. The summed E-state index contributed by atoms with van der Waals surface area (Å²) in [6.07, 6.45) is 4.12. The van der Waals surface area contributed by atoms with Crippen LogP contribution in [0, 0.1) is 6.92 Å². The van der Waals surface area contributed by atoms with Crippen LogP contribution in [-0.2, 0) is 6.42 Å². The van der Waals surface area contributed by atoms with Crippen molar-refractivity contribution in [1.29, 1.82) is 0 Å². The van der Waals surface area contributed by atoms with Crippen molar-refractivity contribution in [2.45, 2.75) is 19.8 Å². The average molecular weight is 233 g/mol. The zero-order valence-electron chi connectivity index (χ0n) is 10.7. The van der Waals surface area contributed by atoms with E-state index in [1.807, 2.05) is 6.08 Å². The lowest BCUT2D eigenvalue weighted by Crippen LogP contribution is -2.28. The largest absolute Gasteiger partial charge is 0.395 e. The Bertz CT molecular complexity index is 335. The van der Waals surface area contributed by atoms with Crippen LogP contribution in [-0.4, -0.2) is 36.2 Å². The fourth-order valence-corrected chi connectivity index (χ4v) is 2.00. The minimum absolute atomic E-state index is 0.220. The van der Waals surface area contributed by atoms with E-state index in [9.17, 15) is 0 Å². The molecular formula is C15H23NO. The molecule has 0 radical (unpaired) electrons. The third-order valence-electron chi connectivity index (χ3n) is 2.99. The number of hydrogen-bond acceptors (Lipinski definition) is 2. The lowest BCUT2D eigenvalue weighted by Gasteiger charge is -2.19. The molecule has 0 atom stereocenters. The van der Waals surface area contributed by atoms with Crippen molar-refractivity contribution in [2.24, 2.45) is 0 Å². The first-order valence-electron chi connectivity index (χ1n) is 6.26. The molecule has 17 heavy (non-hydrogen) atoms. The van der Waals surface area contributed by atoms with Crippen molar-refractivity contribution in [2.75, 3.05) is 26.2 Å². The minimum atomic E-state index is 0.220. The highest BCUT2D eigenvalue weighted by atomic mass is 16.3. The second-order valence-corrected chi connectivity index (χ2v) is 4.34. The summed E-state index contributed by atoms with van der Waals surface area (Å²) in [5.41, 5.74) is 2.79. The number of aliphatic hydroxyl groups is 1. The summed E-state index contributed by atoms with van der Waals surface area (Å²) < 4.78 is 0. The van der Waals surface area contributed by atoms with Gasteiger partial charge in [-0.3, -0.25) is 4.90 Å². The van der Waals surface area contributed by atoms with Crippen LogP contribution in [0.1, 0.15) is 17.5 Å². The summed E-state index contributed by atoms with van der Waals surface area (Å²) in [6, 6.07) is 8.52. The Labute approximate surface area is 105 Å². The Balaban J connectivity index is 2.35. The van der Waals surface area contributed by atoms with Gasteiger partial charge in [-0.15, -0.1) is 6.58 Å². The molecule has 1 aromatic carbocycles. The highest BCUT2D eigenvalue weighted by molar-refractivity contribution is 5.25. The van der Waals surface area contributed by atoms with Gasteiger partial charge in [-0.25, -0.2) is 0 Å². The van der Waals surface area contributed by atoms with Crippen LogP contribution in [0.15, 0.2) is 36.9 Å². The van der Waals surface area contributed by atoms with Crippen LogP contribution < -0.4 is 0 Å². The zero-order chi connectivity index (χ0) is 12.5. The second-order valence-electron chi connectivity index (χ2n) is 4.34. The van der Waals surface area contributed by atoms with Crippen LogP contribution in [0.2, 0.25) is 0 Å². The van der Waals surface area contributed by atoms with Gasteiger partial charge in [-0.05, 0) is 37.4 Å². The van der Waals surface area contributed by atoms with Gasteiger partial charge in [0.25, 0.3) is 0 Å². The normalized spacial score (nSPS) is 10.8. The van der Waals surface area contributed by atoms with E-state index in [1.165, 1.54) is 11.1 Å². The monoisotopic (exact) mass is 233 g/mol. The molecule has 0 amide bonds. The van der Waals surface area contributed by atoms with Crippen molar-refractivity contribution in [3.05, 3.63) is 48.0 Å².